The van der Waals surface area contributed by atoms with Gasteiger partial charge in [-0.1, -0.05) is 0 Å². The van der Waals surface area contributed by atoms with Gasteiger partial charge in [-0.3, -0.25) is 0 Å². The molecule has 0 amide bonds. The van der Waals surface area contributed by atoms with E-state index in [1.807, 2.05) is 24.3 Å². The van der Waals surface area contributed by atoms with Crippen LogP contribution in [0.25, 0.3) is 0 Å². The van der Waals surface area contributed by atoms with Gasteiger partial charge < -0.3 is 8.83 Å². The monoisotopic (exact) mass is 253 g/mol. The summed E-state index contributed by atoms with van der Waals surface area (Å²) < 4.78 is 10.6. The average molecular weight is 253 g/mol. The van der Waals surface area contributed by atoms with E-state index in [1.54, 1.807) is 12.5 Å². The Bertz CT molecular complexity index is 380. The molecule has 4 heteroatoms. The van der Waals surface area contributed by atoms with Gasteiger partial charge in [0.15, 0.2) is 18.5 Å². The van der Waals surface area contributed by atoms with E-state index in [0.717, 1.165) is 36.7 Å². The van der Waals surface area contributed by atoms with E-state index in [0.29, 0.717) is 0 Å². The minimum atomic E-state index is -0.327. The Kier molecular flexibility index (Phi) is 4.32. The zero-order valence-corrected chi connectivity index (χ0v) is 10.7. The summed E-state index contributed by atoms with van der Waals surface area (Å²) >= 11 is 5.47. The van der Waals surface area contributed by atoms with Crippen LogP contribution < -0.4 is 0 Å². The molecule has 0 fully saturated rings. The number of aryl methyl sites for hydroxylation is 2. The van der Waals surface area contributed by atoms with Gasteiger partial charge in [0.05, 0.1) is 12.5 Å². The number of hydrogen-bond acceptors (Lipinski definition) is 3. The highest BCUT2D eigenvalue weighted by molar-refractivity contribution is 8.05. The first kappa shape index (κ1) is 11.6. The Morgan fingerprint density at radius 2 is 1.44 bits per heavy atom. The van der Waals surface area contributed by atoms with Crippen molar-refractivity contribution in [1.29, 1.82) is 0 Å². The van der Waals surface area contributed by atoms with Crippen LogP contribution in [0.5, 0.6) is 0 Å². The molecular formula is C12H14O2PS+. The van der Waals surface area contributed by atoms with Gasteiger partial charge in [-0.15, -0.1) is 0 Å². The first-order valence-corrected chi connectivity index (χ1v) is 8.04. The number of rotatable bonds is 6. The SMILES string of the molecule is S=[P+](CCc1ccco1)CCc1ccco1. The van der Waals surface area contributed by atoms with E-state index >= 15 is 0 Å². The van der Waals surface area contributed by atoms with Crippen molar-refractivity contribution >= 4 is 18.5 Å². The topological polar surface area (TPSA) is 26.3 Å². The molecule has 2 rings (SSSR count). The first-order chi connectivity index (χ1) is 7.84. The second-order valence-electron chi connectivity index (χ2n) is 3.59. The van der Waals surface area contributed by atoms with Crippen LogP contribution in [0, 0.1) is 0 Å². The normalized spacial score (nSPS) is 10.5. The Morgan fingerprint density at radius 1 is 0.938 bits per heavy atom. The maximum Gasteiger partial charge on any atom is 0.176 e. The van der Waals surface area contributed by atoms with E-state index in [1.165, 1.54) is 0 Å². The third-order valence-corrected chi connectivity index (χ3v) is 4.92. The summed E-state index contributed by atoms with van der Waals surface area (Å²) in [6.45, 7) is -0.327. The van der Waals surface area contributed by atoms with Gasteiger partial charge >= 0.3 is 0 Å². The minimum Gasteiger partial charge on any atom is -0.469 e. The molecule has 0 spiro atoms. The summed E-state index contributed by atoms with van der Waals surface area (Å²) in [5.74, 6) is 2.07. The molecule has 2 aromatic heterocycles. The molecule has 0 aliphatic heterocycles. The Hall–Kier alpha value is -0.920. The average Bonchev–Trinajstić information content (AvgIpc) is 2.96. The predicted molar refractivity (Wildman–Crippen MR) is 68.8 cm³/mol. The fourth-order valence-corrected chi connectivity index (χ4v) is 3.20. The zero-order valence-electron chi connectivity index (χ0n) is 8.96. The van der Waals surface area contributed by atoms with E-state index in [4.69, 9.17) is 20.6 Å². The molecule has 0 unspecified atom stereocenters. The summed E-state index contributed by atoms with van der Waals surface area (Å²) in [6, 6.07) is 7.85. The summed E-state index contributed by atoms with van der Waals surface area (Å²) in [5.41, 5.74) is 0. The van der Waals surface area contributed by atoms with Crippen LogP contribution in [-0.4, -0.2) is 12.3 Å². The van der Waals surface area contributed by atoms with Gasteiger partial charge in [0.2, 0.25) is 0 Å². The van der Waals surface area contributed by atoms with Crippen LogP contribution in [-0.2, 0) is 24.6 Å². The third kappa shape index (κ3) is 3.58. The summed E-state index contributed by atoms with van der Waals surface area (Å²) in [4.78, 5) is 0. The Labute approximate surface area is 101 Å². The van der Waals surface area contributed by atoms with E-state index in [2.05, 4.69) is 0 Å². The maximum atomic E-state index is 5.47. The van der Waals surface area contributed by atoms with Crippen molar-refractivity contribution in [2.45, 2.75) is 12.8 Å². The van der Waals surface area contributed by atoms with E-state index in [9.17, 15) is 0 Å². The molecule has 0 saturated carbocycles. The third-order valence-electron chi connectivity index (χ3n) is 2.38. The number of furan rings is 2. The van der Waals surface area contributed by atoms with Gasteiger partial charge in [0.1, 0.15) is 23.8 Å². The van der Waals surface area contributed by atoms with E-state index < -0.39 is 0 Å². The molecule has 0 aliphatic carbocycles. The van der Waals surface area contributed by atoms with Crippen molar-refractivity contribution in [3.8, 4) is 0 Å². The second-order valence-corrected chi connectivity index (χ2v) is 6.99. The highest BCUT2D eigenvalue weighted by Gasteiger charge is 2.12. The molecule has 0 aliphatic rings. The molecule has 2 heterocycles. The van der Waals surface area contributed by atoms with Crippen molar-refractivity contribution in [1.82, 2.24) is 0 Å². The smallest absolute Gasteiger partial charge is 0.176 e. The molecule has 0 saturated heterocycles. The van der Waals surface area contributed by atoms with Gasteiger partial charge in [0.25, 0.3) is 0 Å². The summed E-state index contributed by atoms with van der Waals surface area (Å²) in [7, 11) is 0. The fraction of sp³-hybridized carbons (Fsp3) is 0.333. The second kappa shape index (κ2) is 5.97. The molecule has 2 aromatic rings. The fourth-order valence-electron chi connectivity index (χ4n) is 1.49. The maximum absolute atomic E-state index is 5.47. The highest BCUT2D eigenvalue weighted by atomic mass is 32.4. The Balaban J connectivity index is 1.69. The first-order valence-electron chi connectivity index (χ1n) is 5.31. The highest BCUT2D eigenvalue weighted by Crippen LogP contribution is 2.24. The molecule has 16 heavy (non-hydrogen) atoms. The zero-order chi connectivity index (χ0) is 11.2. The van der Waals surface area contributed by atoms with Crippen LogP contribution in [0.4, 0.5) is 0 Å². The van der Waals surface area contributed by atoms with Crippen LogP contribution >= 0.6 is 6.70 Å². The van der Waals surface area contributed by atoms with Crippen molar-refractivity contribution in [3.63, 3.8) is 0 Å². The molecule has 0 radical (unpaired) electrons. The lowest BCUT2D eigenvalue weighted by atomic mass is 10.4. The molecule has 0 N–H and O–H groups in total. The molecule has 0 bridgehead atoms. The summed E-state index contributed by atoms with van der Waals surface area (Å²) in [5, 5.41) is 0. The van der Waals surface area contributed by atoms with Crippen molar-refractivity contribution in [3.05, 3.63) is 48.3 Å². The molecule has 0 aromatic carbocycles. The van der Waals surface area contributed by atoms with Gasteiger partial charge in [0, 0.05) is 12.8 Å². The van der Waals surface area contributed by atoms with Crippen molar-refractivity contribution in [2.24, 2.45) is 0 Å². The lowest BCUT2D eigenvalue weighted by molar-refractivity contribution is 0.515. The van der Waals surface area contributed by atoms with Crippen molar-refractivity contribution < 1.29 is 8.83 Å². The van der Waals surface area contributed by atoms with Crippen LogP contribution in [0.15, 0.2) is 45.6 Å². The quantitative estimate of drug-likeness (QED) is 0.736. The molecular weight excluding hydrogens is 239 g/mol. The van der Waals surface area contributed by atoms with Gasteiger partial charge in [-0.05, 0) is 24.3 Å². The van der Waals surface area contributed by atoms with Crippen LogP contribution in [0.3, 0.4) is 0 Å². The summed E-state index contributed by atoms with van der Waals surface area (Å²) in [6.07, 6.45) is 7.45. The van der Waals surface area contributed by atoms with Crippen molar-refractivity contribution in [2.75, 3.05) is 12.3 Å². The standard InChI is InChI=1S/C12H14O2PS/c16-15(9-5-11-3-1-7-13-11)10-6-12-4-2-8-14-12/h1-4,7-8H,5-6,9-10H2/q+1. The van der Waals surface area contributed by atoms with Crippen LogP contribution in [0.2, 0.25) is 0 Å². The molecule has 2 nitrogen and oxygen atoms in total. The lowest BCUT2D eigenvalue weighted by Gasteiger charge is -1.92. The van der Waals surface area contributed by atoms with E-state index in [-0.39, 0.29) is 6.70 Å². The lowest BCUT2D eigenvalue weighted by Crippen LogP contribution is -1.91. The minimum absolute atomic E-state index is 0.327. The van der Waals surface area contributed by atoms with Gasteiger partial charge in [-0.25, -0.2) is 0 Å². The molecule has 84 valence electrons. The van der Waals surface area contributed by atoms with Gasteiger partial charge in [-0.2, -0.15) is 0 Å². The number of hydrogen-bond donors (Lipinski definition) is 0. The van der Waals surface area contributed by atoms with Crippen LogP contribution in [0.1, 0.15) is 11.5 Å². The molecule has 0 atom stereocenters. The Morgan fingerprint density at radius 3 is 1.81 bits per heavy atom. The predicted octanol–water partition coefficient (Wildman–Crippen LogP) is 3.60. The largest absolute Gasteiger partial charge is 0.469 e.